The van der Waals surface area contributed by atoms with Crippen molar-refractivity contribution >= 4 is 23.4 Å². The second-order valence-corrected chi connectivity index (χ2v) is 6.71. The van der Waals surface area contributed by atoms with Gasteiger partial charge in [0, 0.05) is 18.4 Å². The van der Waals surface area contributed by atoms with Crippen LogP contribution in [0.4, 0.5) is 5.69 Å². The molecule has 0 fully saturated rings. The van der Waals surface area contributed by atoms with Crippen molar-refractivity contribution < 1.29 is 14.4 Å². The van der Waals surface area contributed by atoms with Gasteiger partial charge in [-0.1, -0.05) is 38.5 Å². The van der Waals surface area contributed by atoms with Gasteiger partial charge in [0.15, 0.2) is 0 Å². The minimum absolute atomic E-state index is 0.0267. The smallest absolute Gasteiger partial charge is 0.267 e. The number of hydrogen-bond acceptors (Lipinski definition) is 4. The van der Waals surface area contributed by atoms with Gasteiger partial charge >= 0.3 is 0 Å². The number of anilines is 1. The van der Waals surface area contributed by atoms with Crippen molar-refractivity contribution in [2.75, 3.05) is 5.32 Å². The zero-order valence-electron chi connectivity index (χ0n) is 15.3. The normalized spacial score (nSPS) is 17.5. The van der Waals surface area contributed by atoms with Crippen LogP contribution in [-0.2, 0) is 11.3 Å². The fraction of sp³-hybridized carbons (Fsp3) is 0.300. The van der Waals surface area contributed by atoms with Crippen LogP contribution in [0.1, 0.15) is 46.7 Å². The standard InChI is InChI=1S/C20H22N4O3/c1-3-12(2)17-19(26)23-15-7-5-4-6-14(15)11-24(17)20(27)13-8-9-16(18(21)25)22-10-13/h4-10,12,17H,3,11H2,1-2H3,(H2,21,25)(H,23,26). The average Bonchev–Trinajstić information content (AvgIpc) is 2.82. The molecule has 0 aliphatic carbocycles. The Labute approximate surface area is 157 Å². The van der Waals surface area contributed by atoms with Gasteiger partial charge in [-0.2, -0.15) is 0 Å². The fourth-order valence-corrected chi connectivity index (χ4v) is 3.23. The molecule has 1 aromatic carbocycles. The van der Waals surface area contributed by atoms with Gasteiger partial charge in [0.25, 0.3) is 11.8 Å². The minimum Gasteiger partial charge on any atom is -0.364 e. The first-order valence-electron chi connectivity index (χ1n) is 8.88. The number of hydrogen-bond donors (Lipinski definition) is 2. The number of aromatic nitrogens is 1. The van der Waals surface area contributed by atoms with Gasteiger partial charge in [-0.3, -0.25) is 19.4 Å². The lowest BCUT2D eigenvalue weighted by molar-refractivity contribution is -0.122. The largest absolute Gasteiger partial charge is 0.364 e. The Bertz CT molecular complexity index is 879. The molecule has 0 saturated carbocycles. The van der Waals surface area contributed by atoms with Gasteiger partial charge < -0.3 is 16.0 Å². The van der Waals surface area contributed by atoms with Crippen LogP contribution >= 0.6 is 0 Å². The lowest BCUT2D eigenvalue weighted by Crippen LogP contribution is -2.48. The quantitative estimate of drug-likeness (QED) is 0.865. The van der Waals surface area contributed by atoms with Gasteiger partial charge in [0.05, 0.1) is 5.56 Å². The number of carbonyl (C=O) groups is 3. The van der Waals surface area contributed by atoms with Crippen molar-refractivity contribution in [3.63, 3.8) is 0 Å². The molecule has 0 saturated heterocycles. The van der Waals surface area contributed by atoms with Gasteiger partial charge in [-0.05, 0) is 29.7 Å². The lowest BCUT2D eigenvalue weighted by atomic mass is 9.96. The number of nitrogens with zero attached hydrogens (tertiary/aromatic N) is 2. The second kappa shape index (κ2) is 7.57. The van der Waals surface area contributed by atoms with E-state index in [-0.39, 0.29) is 23.4 Å². The maximum atomic E-state index is 13.2. The lowest BCUT2D eigenvalue weighted by Gasteiger charge is -2.32. The highest BCUT2D eigenvalue weighted by Gasteiger charge is 2.37. The molecule has 0 spiro atoms. The van der Waals surface area contributed by atoms with Crippen LogP contribution in [-0.4, -0.2) is 33.6 Å². The maximum absolute atomic E-state index is 13.2. The molecule has 0 bridgehead atoms. The molecule has 3 amide bonds. The monoisotopic (exact) mass is 366 g/mol. The van der Waals surface area contributed by atoms with E-state index in [1.807, 2.05) is 38.1 Å². The first-order chi connectivity index (χ1) is 12.9. The Morgan fingerprint density at radius 2 is 2.04 bits per heavy atom. The molecule has 7 nitrogen and oxygen atoms in total. The third-order valence-corrected chi connectivity index (χ3v) is 4.93. The van der Waals surface area contributed by atoms with Gasteiger partial charge in [-0.15, -0.1) is 0 Å². The second-order valence-electron chi connectivity index (χ2n) is 6.71. The highest BCUT2D eigenvalue weighted by atomic mass is 16.2. The number of nitrogens with one attached hydrogen (secondary N) is 1. The molecule has 27 heavy (non-hydrogen) atoms. The molecule has 2 unspecified atom stereocenters. The first-order valence-corrected chi connectivity index (χ1v) is 8.88. The molecular weight excluding hydrogens is 344 g/mol. The Hall–Kier alpha value is -3.22. The first kappa shape index (κ1) is 18.6. The van der Waals surface area contributed by atoms with E-state index in [0.717, 1.165) is 12.0 Å². The molecule has 2 heterocycles. The van der Waals surface area contributed by atoms with Gasteiger partial charge in [-0.25, -0.2) is 0 Å². The van der Waals surface area contributed by atoms with Crippen LogP contribution < -0.4 is 11.1 Å². The highest BCUT2D eigenvalue weighted by Crippen LogP contribution is 2.28. The number of carbonyl (C=O) groups excluding carboxylic acids is 3. The maximum Gasteiger partial charge on any atom is 0.267 e. The zero-order chi connectivity index (χ0) is 19.6. The third kappa shape index (κ3) is 3.67. The van der Waals surface area contributed by atoms with Crippen molar-refractivity contribution in [2.24, 2.45) is 11.7 Å². The number of nitrogens with two attached hydrogens (primary N) is 1. The number of amides is 3. The van der Waals surface area contributed by atoms with E-state index in [2.05, 4.69) is 10.3 Å². The Kier molecular flexibility index (Phi) is 5.21. The van der Waals surface area contributed by atoms with Gasteiger partial charge in [0.1, 0.15) is 11.7 Å². The van der Waals surface area contributed by atoms with Crippen molar-refractivity contribution in [1.82, 2.24) is 9.88 Å². The SMILES string of the molecule is CCC(C)C1C(=O)Nc2ccccc2CN1C(=O)c1ccc(C(N)=O)nc1. The van der Waals surface area contributed by atoms with E-state index in [4.69, 9.17) is 5.73 Å². The number of para-hydroxylation sites is 1. The summed E-state index contributed by atoms with van der Waals surface area (Å²) in [7, 11) is 0. The highest BCUT2D eigenvalue weighted by molar-refractivity contribution is 6.02. The van der Waals surface area contributed by atoms with Crippen LogP contribution in [0.2, 0.25) is 0 Å². The predicted molar refractivity (Wildman–Crippen MR) is 101 cm³/mol. The molecule has 3 rings (SSSR count). The predicted octanol–water partition coefficient (Wildman–Crippen LogP) is 2.19. The number of primary amides is 1. The number of pyridine rings is 1. The van der Waals surface area contributed by atoms with E-state index in [1.165, 1.54) is 18.3 Å². The summed E-state index contributed by atoms with van der Waals surface area (Å²) in [6.45, 7) is 4.25. The van der Waals surface area contributed by atoms with E-state index in [0.29, 0.717) is 17.8 Å². The average molecular weight is 366 g/mol. The van der Waals surface area contributed by atoms with E-state index < -0.39 is 11.9 Å². The molecule has 1 aliphatic heterocycles. The molecule has 1 aromatic heterocycles. The van der Waals surface area contributed by atoms with Crippen LogP contribution in [0.15, 0.2) is 42.6 Å². The van der Waals surface area contributed by atoms with E-state index in [1.54, 1.807) is 4.90 Å². The Morgan fingerprint density at radius 1 is 1.30 bits per heavy atom. The minimum atomic E-state index is -0.658. The third-order valence-electron chi connectivity index (χ3n) is 4.93. The van der Waals surface area contributed by atoms with Crippen molar-refractivity contribution in [2.45, 2.75) is 32.9 Å². The van der Waals surface area contributed by atoms with Crippen molar-refractivity contribution in [1.29, 1.82) is 0 Å². The summed E-state index contributed by atoms with van der Waals surface area (Å²) >= 11 is 0. The fourth-order valence-electron chi connectivity index (χ4n) is 3.23. The summed E-state index contributed by atoms with van der Waals surface area (Å²) in [6, 6.07) is 9.77. The Morgan fingerprint density at radius 3 is 2.67 bits per heavy atom. The van der Waals surface area contributed by atoms with Crippen molar-refractivity contribution in [3.05, 3.63) is 59.4 Å². The topological polar surface area (TPSA) is 105 Å². The summed E-state index contributed by atoms with van der Waals surface area (Å²) < 4.78 is 0. The van der Waals surface area contributed by atoms with Crippen LogP contribution in [0.25, 0.3) is 0 Å². The molecule has 7 heteroatoms. The zero-order valence-corrected chi connectivity index (χ0v) is 15.3. The summed E-state index contributed by atoms with van der Waals surface area (Å²) in [5.41, 5.74) is 7.18. The van der Waals surface area contributed by atoms with Crippen LogP contribution in [0.3, 0.4) is 0 Å². The molecule has 140 valence electrons. The summed E-state index contributed by atoms with van der Waals surface area (Å²) in [5, 5.41) is 2.94. The molecule has 0 radical (unpaired) electrons. The molecular formula is C20H22N4O3. The molecule has 2 aromatic rings. The number of benzene rings is 1. The van der Waals surface area contributed by atoms with Crippen LogP contribution in [0, 0.1) is 5.92 Å². The van der Waals surface area contributed by atoms with Gasteiger partial charge in [0.2, 0.25) is 5.91 Å². The molecule has 1 aliphatic rings. The van der Waals surface area contributed by atoms with Crippen LogP contribution in [0.5, 0.6) is 0 Å². The summed E-state index contributed by atoms with van der Waals surface area (Å²) in [5.74, 6) is -1.20. The summed E-state index contributed by atoms with van der Waals surface area (Å²) in [4.78, 5) is 42.8. The van der Waals surface area contributed by atoms with Crippen molar-refractivity contribution in [3.8, 4) is 0 Å². The number of fused-ring (bicyclic) bond motifs is 1. The molecule has 2 atom stereocenters. The Balaban J connectivity index is 2.00. The number of rotatable bonds is 4. The van der Waals surface area contributed by atoms with E-state index >= 15 is 0 Å². The summed E-state index contributed by atoms with van der Waals surface area (Å²) in [6.07, 6.45) is 2.07. The van der Waals surface area contributed by atoms with E-state index in [9.17, 15) is 14.4 Å². The molecule has 3 N–H and O–H groups in total.